The largest absolute Gasteiger partial charge is 0.335 e. The number of hydrogen-bond donors (Lipinski definition) is 1. The van der Waals surface area contributed by atoms with Crippen molar-refractivity contribution in [2.45, 2.75) is 50.7 Å². The molecule has 1 amide bonds. The third-order valence-electron chi connectivity index (χ3n) is 5.02. The van der Waals surface area contributed by atoms with Crippen LogP contribution < -0.4 is 5.32 Å². The molecular weight excluding hydrogens is 341 g/mol. The van der Waals surface area contributed by atoms with E-state index in [4.69, 9.17) is 0 Å². The average molecular weight is 370 g/mol. The zero-order valence-electron chi connectivity index (χ0n) is 13.3. The summed E-state index contributed by atoms with van der Waals surface area (Å²) >= 11 is 1.98. The fourth-order valence-corrected chi connectivity index (χ4v) is 4.86. The van der Waals surface area contributed by atoms with Crippen molar-refractivity contribution in [1.82, 2.24) is 15.1 Å². The van der Waals surface area contributed by atoms with Gasteiger partial charge in [-0.05, 0) is 25.8 Å². The zero-order valence-corrected chi connectivity index (χ0v) is 15.8. The fourth-order valence-electron chi connectivity index (χ4n) is 3.91. The summed E-state index contributed by atoms with van der Waals surface area (Å²) in [6.07, 6.45) is 4.30. The van der Waals surface area contributed by atoms with Crippen molar-refractivity contribution < 1.29 is 4.79 Å². The number of rotatable bonds is 3. The Hall–Kier alpha value is 0.320. The van der Waals surface area contributed by atoms with E-state index in [2.05, 4.69) is 22.0 Å². The van der Waals surface area contributed by atoms with E-state index in [1.54, 1.807) is 0 Å². The topological polar surface area (TPSA) is 35.6 Å². The van der Waals surface area contributed by atoms with E-state index in [9.17, 15) is 4.79 Å². The summed E-state index contributed by atoms with van der Waals surface area (Å²) in [5, 5.41) is 3.50. The standard InChI is InChI=1S/C15H27N3OS.2ClH/c1-2-17-7-5-13-3-4-14(10-17)18(13)15(19)9-12-11-20-8-6-16-12;;/h12-14,16H,2-11H2,1H3;2*1H. The van der Waals surface area contributed by atoms with E-state index in [1.165, 1.54) is 31.6 Å². The van der Waals surface area contributed by atoms with Crippen LogP contribution >= 0.6 is 36.6 Å². The summed E-state index contributed by atoms with van der Waals surface area (Å²) in [7, 11) is 0. The number of carbonyl (C=O) groups excluding carboxylic acids is 1. The zero-order chi connectivity index (χ0) is 13.9. The Bertz CT molecular complexity index is 356. The molecule has 3 rings (SSSR count). The molecule has 0 aliphatic carbocycles. The Labute approximate surface area is 150 Å². The van der Waals surface area contributed by atoms with Gasteiger partial charge in [-0.15, -0.1) is 24.8 Å². The second-order valence-corrected chi connectivity index (χ2v) is 7.45. The summed E-state index contributed by atoms with van der Waals surface area (Å²) in [6, 6.07) is 1.39. The van der Waals surface area contributed by atoms with Gasteiger partial charge in [0.15, 0.2) is 0 Å². The molecule has 2 bridgehead atoms. The van der Waals surface area contributed by atoms with Crippen LogP contribution in [-0.4, -0.2) is 71.5 Å². The maximum atomic E-state index is 12.7. The highest BCUT2D eigenvalue weighted by Gasteiger charge is 2.40. The Morgan fingerprint density at radius 1 is 1.23 bits per heavy atom. The normalized spacial score (nSPS) is 31.9. The highest BCUT2D eigenvalue weighted by Crippen LogP contribution is 2.31. The number of likely N-dealkylation sites (tertiary alicyclic amines) is 1. The monoisotopic (exact) mass is 369 g/mol. The smallest absolute Gasteiger partial charge is 0.224 e. The minimum atomic E-state index is 0. The fraction of sp³-hybridized carbons (Fsp3) is 0.933. The molecule has 7 heteroatoms. The third-order valence-corrected chi connectivity index (χ3v) is 6.15. The third kappa shape index (κ3) is 4.67. The van der Waals surface area contributed by atoms with E-state index in [-0.39, 0.29) is 24.8 Å². The van der Waals surface area contributed by atoms with Gasteiger partial charge in [0.1, 0.15) is 0 Å². The summed E-state index contributed by atoms with van der Waals surface area (Å²) < 4.78 is 0. The van der Waals surface area contributed by atoms with E-state index < -0.39 is 0 Å². The van der Waals surface area contributed by atoms with Gasteiger partial charge in [-0.2, -0.15) is 11.8 Å². The molecule has 0 radical (unpaired) electrons. The van der Waals surface area contributed by atoms with Crippen molar-refractivity contribution in [2.75, 3.05) is 37.7 Å². The Morgan fingerprint density at radius 3 is 2.68 bits per heavy atom. The summed E-state index contributed by atoms with van der Waals surface area (Å²) in [5.41, 5.74) is 0. The van der Waals surface area contributed by atoms with Gasteiger partial charge in [0.05, 0.1) is 0 Å². The number of thioether (sulfide) groups is 1. The van der Waals surface area contributed by atoms with Crippen LogP contribution in [0.25, 0.3) is 0 Å². The van der Waals surface area contributed by atoms with Crippen LogP contribution in [0.2, 0.25) is 0 Å². The molecule has 3 atom stereocenters. The molecule has 0 saturated carbocycles. The molecular formula is C15H29Cl2N3OS. The van der Waals surface area contributed by atoms with Crippen molar-refractivity contribution >= 4 is 42.5 Å². The summed E-state index contributed by atoms with van der Waals surface area (Å²) in [6.45, 7) is 6.66. The quantitative estimate of drug-likeness (QED) is 0.825. The number of amides is 1. The molecule has 0 aromatic rings. The van der Waals surface area contributed by atoms with Gasteiger partial charge in [-0.1, -0.05) is 6.92 Å². The van der Waals surface area contributed by atoms with Crippen molar-refractivity contribution in [1.29, 1.82) is 0 Å². The van der Waals surface area contributed by atoms with E-state index in [0.717, 1.165) is 25.4 Å². The molecule has 22 heavy (non-hydrogen) atoms. The first-order valence-corrected chi connectivity index (χ1v) is 9.28. The molecule has 3 unspecified atom stereocenters. The maximum Gasteiger partial charge on any atom is 0.224 e. The van der Waals surface area contributed by atoms with E-state index in [0.29, 0.717) is 30.5 Å². The van der Waals surface area contributed by atoms with Crippen LogP contribution in [0.5, 0.6) is 0 Å². The van der Waals surface area contributed by atoms with Gasteiger partial charge in [0.25, 0.3) is 0 Å². The highest BCUT2D eigenvalue weighted by molar-refractivity contribution is 7.99. The van der Waals surface area contributed by atoms with Crippen molar-refractivity contribution in [3.63, 3.8) is 0 Å². The van der Waals surface area contributed by atoms with Crippen LogP contribution in [-0.2, 0) is 4.79 Å². The first-order valence-electron chi connectivity index (χ1n) is 8.12. The number of nitrogens with zero attached hydrogens (tertiary/aromatic N) is 2. The first-order chi connectivity index (χ1) is 9.78. The number of carbonyl (C=O) groups is 1. The molecule has 130 valence electrons. The van der Waals surface area contributed by atoms with E-state index in [1.807, 2.05) is 11.8 Å². The molecule has 0 spiro atoms. The Morgan fingerprint density at radius 2 is 2.00 bits per heavy atom. The van der Waals surface area contributed by atoms with Gasteiger partial charge in [0, 0.05) is 55.7 Å². The molecule has 0 aromatic heterocycles. The van der Waals surface area contributed by atoms with Crippen molar-refractivity contribution in [2.24, 2.45) is 0 Å². The molecule has 1 N–H and O–H groups in total. The molecule has 3 aliphatic rings. The number of fused-ring (bicyclic) bond motifs is 2. The second-order valence-electron chi connectivity index (χ2n) is 6.30. The molecule has 3 aliphatic heterocycles. The van der Waals surface area contributed by atoms with Crippen LogP contribution in [0.4, 0.5) is 0 Å². The summed E-state index contributed by atoms with van der Waals surface area (Å²) in [5.74, 6) is 2.68. The Balaban J connectivity index is 0.00000121. The average Bonchev–Trinajstić information content (AvgIpc) is 2.75. The lowest BCUT2D eigenvalue weighted by Crippen LogP contribution is -2.47. The summed E-state index contributed by atoms with van der Waals surface area (Å²) in [4.78, 5) is 17.5. The minimum absolute atomic E-state index is 0. The molecule has 3 fully saturated rings. The van der Waals surface area contributed by atoms with Gasteiger partial charge in [0.2, 0.25) is 5.91 Å². The molecule has 3 heterocycles. The SMILES string of the molecule is CCN1CCC2CCC(C1)N2C(=O)CC1CSCCN1.Cl.Cl. The maximum absolute atomic E-state index is 12.7. The van der Waals surface area contributed by atoms with Gasteiger partial charge in [-0.25, -0.2) is 0 Å². The van der Waals surface area contributed by atoms with Crippen LogP contribution in [0.1, 0.15) is 32.6 Å². The predicted octanol–water partition coefficient (Wildman–Crippen LogP) is 2.01. The lowest BCUT2D eigenvalue weighted by molar-refractivity contribution is -0.134. The number of likely N-dealkylation sites (N-methyl/N-ethyl adjacent to an activating group) is 1. The van der Waals surface area contributed by atoms with Crippen molar-refractivity contribution in [3.8, 4) is 0 Å². The highest BCUT2D eigenvalue weighted by atomic mass is 35.5. The lowest BCUT2D eigenvalue weighted by atomic mass is 10.1. The molecule has 0 aromatic carbocycles. The lowest BCUT2D eigenvalue weighted by Gasteiger charge is -2.31. The molecule has 3 saturated heterocycles. The van der Waals surface area contributed by atoms with E-state index >= 15 is 0 Å². The predicted molar refractivity (Wildman–Crippen MR) is 98.6 cm³/mol. The number of hydrogen-bond acceptors (Lipinski definition) is 4. The number of nitrogens with one attached hydrogen (secondary N) is 1. The van der Waals surface area contributed by atoms with Crippen LogP contribution in [0, 0.1) is 0 Å². The Kier molecular flexibility index (Phi) is 8.86. The van der Waals surface area contributed by atoms with Gasteiger partial charge < -0.3 is 15.1 Å². The van der Waals surface area contributed by atoms with Crippen LogP contribution in [0.15, 0.2) is 0 Å². The first kappa shape index (κ1) is 20.4. The minimum Gasteiger partial charge on any atom is -0.335 e. The number of halogens is 2. The van der Waals surface area contributed by atoms with Crippen LogP contribution in [0.3, 0.4) is 0 Å². The van der Waals surface area contributed by atoms with Gasteiger partial charge >= 0.3 is 0 Å². The molecule has 4 nitrogen and oxygen atoms in total. The van der Waals surface area contributed by atoms with Crippen molar-refractivity contribution in [3.05, 3.63) is 0 Å². The van der Waals surface area contributed by atoms with Gasteiger partial charge in [-0.3, -0.25) is 4.79 Å². The second kappa shape index (κ2) is 9.58.